The normalized spacial score (nSPS) is 21.1. The van der Waals surface area contributed by atoms with Gasteiger partial charge in [-0.15, -0.1) is 0 Å². The van der Waals surface area contributed by atoms with Gasteiger partial charge in [0, 0.05) is 13.1 Å². The first-order chi connectivity index (χ1) is 9.96. The topological polar surface area (TPSA) is 58.6 Å². The Morgan fingerprint density at radius 3 is 2.24 bits per heavy atom. The summed E-state index contributed by atoms with van der Waals surface area (Å²) in [5.74, 6) is 0.937. The number of hydrogen-bond acceptors (Lipinski definition) is 4. The Morgan fingerprint density at radius 2 is 1.76 bits per heavy atom. The highest BCUT2D eigenvalue weighted by Gasteiger charge is 2.42. The SMILES string of the molecule is O=S(=O)(c1ccc(OC(F)F)cc1)N1CC(C2CNC2)C1. The first-order valence-corrected chi connectivity index (χ1v) is 8.16. The number of sulfonamides is 1. The van der Waals surface area contributed by atoms with Gasteiger partial charge in [0.1, 0.15) is 5.75 Å². The van der Waals surface area contributed by atoms with E-state index in [0.717, 1.165) is 13.1 Å². The molecule has 0 atom stereocenters. The van der Waals surface area contributed by atoms with Crippen LogP contribution in [0.15, 0.2) is 29.2 Å². The molecule has 0 spiro atoms. The van der Waals surface area contributed by atoms with Crippen LogP contribution in [0, 0.1) is 11.8 Å². The number of alkyl halides is 2. The van der Waals surface area contributed by atoms with Crippen molar-refractivity contribution in [2.45, 2.75) is 11.5 Å². The van der Waals surface area contributed by atoms with Crippen molar-refractivity contribution in [1.29, 1.82) is 0 Å². The van der Waals surface area contributed by atoms with Crippen molar-refractivity contribution in [2.24, 2.45) is 11.8 Å². The van der Waals surface area contributed by atoms with E-state index in [0.29, 0.717) is 24.9 Å². The molecule has 2 saturated heterocycles. The van der Waals surface area contributed by atoms with Crippen molar-refractivity contribution in [2.75, 3.05) is 26.2 Å². The summed E-state index contributed by atoms with van der Waals surface area (Å²) in [7, 11) is -3.53. The van der Waals surface area contributed by atoms with E-state index in [4.69, 9.17) is 0 Å². The molecule has 2 aliphatic rings. The van der Waals surface area contributed by atoms with Crippen molar-refractivity contribution in [1.82, 2.24) is 9.62 Å². The van der Waals surface area contributed by atoms with Gasteiger partial charge in [-0.2, -0.15) is 13.1 Å². The van der Waals surface area contributed by atoms with E-state index in [-0.39, 0.29) is 10.6 Å². The van der Waals surface area contributed by atoms with E-state index in [2.05, 4.69) is 10.1 Å². The molecule has 0 bridgehead atoms. The maximum atomic E-state index is 12.3. The summed E-state index contributed by atoms with van der Waals surface area (Å²) in [6, 6.07) is 5.08. The maximum absolute atomic E-state index is 12.3. The Morgan fingerprint density at radius 1 is 1.14 bits per heavy atom. The monoisotopic (exact) mass is 318 g/mol. The summed E-state index contributed by atoms with van der Waals surface area (Å²) >= 11 is 0. The maximum Gasteiger partial charge on any atom is 0.387 e. The first-order valence-electron chi connectivity index (χ1n) is 6.72. The third-order valence-electron chi connectivity index (χ3n) is 4.04. The summed E-state index contributed by atoms with van der Waals surface area (Å²) in [4.78, 5) is 0.106. The summed E-state index contributed by atoms with van der Waals surface area (Å²) < 4.78 is 54.4. The Hall–Kier alpha value is -1.25. The molecule has 8 heteroatoms. The van der Waals surface area contributed by atoms with Crippen LogP contribution < -0.4 is 10.1 Å². The molecule has 1 aromatic rings. The van der Waals surface area contributed by atoms with Crippen molar-refractivity contribution in [3.8, 4) is 5.75 Å². The van der Waals surface area contributed by atoms with Gasteiger partial charge in [0.25, 0.3) is 0 Å². The number of rotatable bonds is 5. The van der Waals surface area contributed by atoms with Crippen LogP contribution in [-0.4, -0.2) is 45.5 Å². The molecule has 2 heterocycles. The third-order valence-corrected chi connectivity index (χ3v) is 5.89. The Kier molecular flexibility index (Phi) is 3.85. The molecule has 2 aliphatic heterocycles. The van der Waals surface area contributed by atoms with E-state index in [1.165, 1.54) is 28.6 Å². The predicted molar refractivity (Wildman–Crippen MR) is 71.7 cm³/mol. The molecule has 21 heavy (non-hydrogen) atoms. The lowest BCUT2D eigenvalue weighted by atomic mass is 9.83. The summed E-state index contributed by atoms with van der Waals surface area (Å²) in [5, 5.41) is 3.17. The Labute approximate surface area is 121 Å². The van der Waals surface area contributed by atoms with Gasteiger partial charge >= 0.3 is 6.61 Å². The van der Waals surface area contributed by atoms with Crippen LogP contribution in [0.3, 0.4) is 0 Å². The highest BCUT2D eigenvalue weighted by Crippen LogP contribution is 2.31. The van der Waals surface area contributed by atoms with Crippen LogP contribution >= 0.6 is 0 Å². The minimum Gasteiger partial charge on any atom is -0.435 e. The van der Waals surface area contributed by atoms with E-state index in [1.54, 1.807) is 0 Å². The Bertz CT molecular complexity index is 596. The lowest BCUT2D eigenvalue weighted by Gasteiger charge is -2.45. The molecule has 1 N–H and O–H groups in total. The fraction of sp³-hybridized carbons (Fsp3) is 0.538. The molecule has 0 amide bonds. The van der Waals surface area contributed by atoms with Crippen LogP contribution in [-0.2, 0) is 10.0 Å². The van der Waals surface area contributed by atoms with Crippen molar-refractivity contribution in [3.05, 3.63) is 24.3 Å². The highest BCUT2D eigenvalue weighted by atomic mass is 32.2. The van der Waals surface area contributed by atoms with Gasteiger partial charge < -0.3 is 10.1 Å². The number of nitrogens with one attached hydrogen (secondary N) is 1. The molecule has 2 fully saturated rings. The zero-order chi connectivity index (χ0) is 15.0. The van der Waals surface area contributed by atoms with Crippen molar-refractivity contribution in [3.63, 3.8) is 0 Å². The predicted octanol–water partition coefficient (Wildman–Crippen LogP) is 1.13. The molecule has 116 valence electrons. The average Bonchev–Trinajstić information content (AvgIpc) is 2.30. The minimum atomic E-state index is -3.53. The van der Waals surface area contributed by atoms with E-state index in [9.17, 15) is 17.2 Å². The second kappa shape index (κ2) is 5.51. The molecule has 5 nitrogen and oxygen atoms in total. The largest absolute Gasteiger partial charge is 0.435 e. The van der Waals surface area contributed by atoms with E-state index < -0.39 is 16.6 Å². The van der Waals surface area contributed by atoms with E-state index >= 15 is 0 Å². The molecular formula is C13H16F2N2O3S. The Balaban J connectivity index is 1.65. The second-order valence-electron chi connectivity index (χ2n) is 5.35. The molecular weight excluding hydrogens is 302 g/mol. The molecule has 0 radical (unpaired) electrons. The molecule has 3 rings (SSSR count). The summed E-state index contributed by atoms with van der Waals surface area (Å²) in [5.41, 5.74) is 0. The lowest BCUT2D eigenvalue weighted by molar-refractivity contribution is -0.0498. The number of halogens is 2. The highest BCUT2D eigenvalue weighted by molar-refractivity contribution is 7.89. The first kappa shape index (κ1) is 14.7. The van der Waals surface area contributed by atoms with Crippen LogP contribution in [0.5, 0.6) is 5.75 Å². The van der Waals surface area contributed by atoms with Gasteiger partial charge in [-0.1, -0.05) is 0 Å². The van der Waals surface area contributed by atoms with Gasteiger partial charge in [-0.3, -0.25) is 0 Å². The van der Waals surface area contributed by atoms with Crippen LogP contribution in [0.25, 0.3) is 0 Å². The van der Waals surface area contributed by atoms with Crippen molar-refractivity contribution < 1.29 is 21.9 Å². The number of hydrogen-bond donors (Lipinski definition) is 1. The van der Waals surface area contributed by atoms with Crippen LogP contribution in [0.2, 0.25) is 0 Å². The van der Waals surface area contributed by atoms with Crippen molar-refractivity contribution >= 4 is 10.0 Å². The van der Waals surface area contributed by atoms with E-state index in [1.807, 2.05) is 0 Å². The van der Waals surface area contributed by atoms with Crippen LogP contribution in [0.4, 0.5) is 8.78 Å². The number of ether oxygens (including phenoxy) is 1. The summed E-state index contributed by atoms with van der Waals surface area (Å²) in [6.07, 6.45) is 0. The molecule has 0 aromatic heterocycles. The smallest absolute Gasteiger partial charge is 0.387 e. The average molecular weight is 318 g/mol. The lowest BCUT2D eigenvalue weighted by Crippen LogP contribution is -2.59. The van der Waals surface area contributed by atoms with Gasteiger partial charge in [0.2, 0.25) is 10.0 Å². The third kappa shape index (κ3) is 2.88. The van der Waals surface area contributed by atoms with Gasteiger partial charge in [-0.05, 0) is 49.2 Å². The fourth-order valence-electron chi connectivity index (χ4n) is 2.55. The van der Waals surface area contributed by atoms with Crippen LogP contribution in [0.1, 0.15) is 0 Å². The minimum absolute atomic E-state index is 0.0500. The van der Waals surface area contributed by atoms with Gasteiger partial charge in [0.15, 0.2) is 0 Å². The summed E-state index contributed by atoms with van der Waals surface area (Å²) in [6.45, 7) is 0.0596. The van der Waals surface area contributed by atoms with Gasteiger partial charge in [-0.25, -0.2) is 8.42 Å². The molecule has 0 saturated carbocycles. The number of benzene rings is 1. The molecule has 0 unspecified atom stereocenters. The zero-order valence-corrected chi connectivity index (χ0v) is 12.0. The standard InChI is InChI=1S/C13H16F2N2O3S/c14-13(15)20-11-1-3-12(4-2-11)21(18,19)17-7-10(8-17)9-5-16-6-9/h1-4,9-10,13,16H,5-8H2. The second-order valence-corrected chi connectivity index (χ2v) is 7.29. The fourth-order valence-corrected chi connectivity index (χ4v) is 4.10. The molecule has 0 aliphatic carbocycles. The molecule has 1 aromatic carbocycles. The van der Waals surface area contributed by atoms with Gasteiger partial charge in [0.05, 0.1) is 4.90 Å². The quantitative estimate of drug-likeness (QED) is 0.884. The number of nitrogens with zero attached hydrogens (tertiary/aromatic N) is 1. The zero-order valence-electron chi connectivity index (χ0n) is 11.2.